The number of benzene rings is 4. The molecule has 1 amide bonds. The maximum Gasteiger partial charge on any atom is 0.416 e. The number of aliphatic imine (C=N–C) groups is 1. The molecule has 0 saturated carbocycles. The van der Waals surface area contributed by atoms with Gasteiger partial charge in [-0.15, -0.1) is 0 Å². The molecule has 0 fully saturated rings. The van der Waals surface area contributed by atoms with Crippen LogP contribution >= 0.6 is 31.9 Å². The first-order chi connectivity index (χ1) is 22.1. The van der Waals surface area contributed by atoms with Crippen molar-refractivity contribution in [1.82, 2.24) is 10.9 Å². The van der Waals surface area contributed by atoms with Crippen LogP contribution in [0.15, 0.2) is 111 Å². The average molecular weight is 761 g/mol. The number of hydrogen-bond donors (Lipinski definition) is 3. The first-order valence-corrected chi connectivity index (χ1v) is 16.0. The van der Waals surface area contributed by atoms with Gasteiger partial charge in [0.25, 0.3) is 5.91 Å². The lowest BCUT2D eigenvalue weighted by molar-refractivity contribution is -0.137. The van der Waals surface area contributed by atoms with E-state index in [0.29, 0.717) is 29.9 Å². The van der Waals surface area contributed by atoms with Crippen molar-refractivity contribution in [3.63, 3.8) is 0 Å². The van der Waals surface area contributed by atoms with E-state index in [-0.39, 0.29) is 25.5 Å². The van der Waals surface area contributed by atoms with Gasteiger partial charge in [0.1, 0.15) is 5.75 Å². The zero-order chi connectivity index (χ0) is 32.7. The van der Waals surface area contributed by atoms with E-state index >= 15 is 0 Å². The normalized spacial score (nSPS) is 17.7. The summed E-state index contributed by atoms with van der Waals surface area (Å²) in [7, 11) is 0. The highest BCUT2D eigenvalue weighted by Crippen LogP contribution is 2.43. The van der Waals surface area contributed by atoms with Crippen molar-refractivity contribution in [3.05, 3.63) is 134 Å². The molecule has 3 N–H and O–H groups in total. The summed E-state index contributed by atoms with van der Waals surface area (Å²) in [4.78, 5) is 19.3. The van der Waals surface area contributed by atoms with Gasteiger partial charge < -0.3 is 14.6 Å². The van der Waals surface area contributed by atoms with Gasteiger partial charge in [0.2, 0.25) is 5.90 Å². The van der Waals surface area contributed by atoms with E-state index in [1.807, 2.05) is 48.5 Å². The highest BCUT2D eigenvalue weighted by atomic mass is 79.9. The van der Waals surface area contributed by atoms with Gasteiger partial charge in [-0.25, -0.2) is 10.4 Å². The van der Waals surface area contributed by atoms with Gasteiger partial charge in [-0.1, -0.05) is 68.3 Å². The molecule has 0 spiro atoms. The van der Waals surface area contributed by atoms with E-state index in [9.17, 15) is 18.0 Å². The maximum absolute atomic E-state index is 14.3. The van der Waals surface area contributed by atoms with Crippen molar-refractivity contribution >= 4 is 43.7 Å². The predicted octanol–water partition coefficient (Wildman–Crippen LogP) is 7.31. The molecule has 0 radical (unpaired) electrons. The fourth-order valence-corrected chi connectivity index (χ4v) is 5.51. The largest absolute Gasteiger partial charge is 0.494 e. The molecule has 46 heavy (non-hydrogen) atoms. The summed E-state index contributed by atoms with van der Waals surface area (Å²) in [6.07, 6.45) is -4.58. The molecule has 0 aromatic heterocycles. The molecular formula is C34H30Br2F3N3O4. The lowest BCUT2D eigenvalue weighted by atomic mass is 9.82. The first-order valence-electron chi connectivity index (χ1n) is 14.4. The summed E-state index contributed by atoms with van der Waals surface area (Å²) >= 11 is 6.93. The third kappa shape index (κ3) is 8.16. The van der Waals surface area contributed by atoms with Crippen molar-refractivity contribution in [2.24, 2.45) is 4.99 Å². The molecule has 1 aliphatic heterocycles. The van der Waals surface area contributed by atoms with E-state index in [4.69, 9.17) is 19.6 Å². The van der Waals surface area contributed by atoms with Crippen LogP contribution in [-0.4, -0.2) is 35.7 Å². The number of aliphatic hydroxyl groups is 1. The summed E-state index contributed by atoms with van der Waals surface area (Å²) in [5.74, 6) is 0.408. The third-order valence-electron chi connectivity index (χ3n) is 7.37. The average Bonchev–Trinajstić information content (AvgIpc) is 3.43. The Morgan fingerprint density at radius 3 is 2.11 bits per heavy atom. The van der Waals surface area contributed by atoms with Crippen molar-refractivity contribution in [2.75, 3.05) is 13.2 Å². The topological polar surface area (TPSA) is 92.2 Å². The predicted molar refractivity (Wildman–Crippen MR) is 175 cm³/mol. The number of nitrogens with one attached hydrogen (secondary N) is 2. The van der Waals surface area contributed by atoms with Crippen LogP contribution in [0.2, 0.25) is 0 Å². The Kier molecular flexibility index (Phi) is 10.8. The molecule has 1 aliphatic rings. The van der Waals surface area contributed by atoms with Crippen LogP contribution < -0.4 is 15.6 Å². The summed E-state index contributed by atoms with van der Waals surface area (Å²) < 4.78 is 52.9. The molecular weight excluding hydrogens is 731 g/mol. The van der Waals surface area contributed by atoms with Gasteiger partial charge in [0, 0.05) is 40.5 Å². The zero-order valence-electron chi connectivity index (χ0n) is 24.4. The lowest BCUT2D eigenvalue weighted by Crippen LogP contribution is -2.53. The van der Waals surface area contributed by atoms with Crippen LogP contribution in [0.5, 0.6) is 5.75 Å². The molecule has 0 saturated heterocycles. The van der Waals surface area contributed by atoms with Crippen LogP contribution in [0.3, 0.4) is 0 Å². The van der Waals surface area contributed by atoms with E-state index in [2.05, 4.69) is 42.7 Å². The Labute approximate surface area is 281 Å². The second kappa shape index (κ2) is 14.8. The van der Waals surface area contributed by atoms with Gasteiger partial charge in [-0.05, 0) is 77.4 Å². The molecule has 240 valence electrons. The van der Waals surface area contributed by atoms with E-state index in [0.717, 1.165) is 32.2 Å². The Bertz CT molecular complexity index is 1650. The minimum absolute atomic E-state index is 0.0296. The summed E-state index contributed by atoms with van der Waals surface area (Å²) in [5, 5.41) is 9.04. The van der Waals surface area contributed by atoms with Crippen molar-refractivity contribution in [1.29, 1.82) is 0 Å². The number of rotatable bonds is 12. The number of hydrazine groups is 1. The molecule has 7 nitrogen and oxygen atoms in total. The number of carbonyl (C=O) groups is 1. The maximum atomic E-state index is 14.3. The van der Waals surface area contributed by atoms with Gasteiger partial charge in [-0.3, -0.25) is 10.2 Å². The monoisotopic (exact) mass is 759 g/mol. The Hall–Kier alpha value is -3.71. The van der Waals surface area contributed by atoms with Crippen LogP contribution in [-0.2, 0) is 28.7 Å². The molecule has 2 atom stereocenters. The van der Waals surface area contributed by atoms with Crippen molar-refractivity contribution in [3.8, 4) is 5.75 Å². The fourth-order valence-electron chi connectivity index (χ4n) is 4.98. The minimum atomic E-state index is -4.44. The number of nitrogens with zero attached hydrogens (tertiary/aromatic N) is 1. The van der Waals surface area contributed by atoms with E-state index in [1.165, 1.54) is 12.1 Å². The number of alkyl halides is 3. The quantitative estimate of drug-likeness (QED) is 0.104. The molecule has 4 aromatic carbocycles. The van der Waals surface area contributed by atoms with Gasteiger partial charge in [0.05, 0.1) is 12.2 Å². The van der Waals surface area contributed by atoms with Gasteiger partial charge >= 0.3 is 6.18 Å². The second-order valence-corrected chi connectivity index (χ2v) is 12.5. The SMILES string of the molecule is O=C(NNCc1ccc(C(F)(F)F)cc1)[C@@]1(Cc2ccc(Br)cc2)N=C(c2ccc(OCCCO)cc2)O[C@H]1c1ccc(Br)cc1. The molecule has 0 unspecified atom stereocenters. The standard InChI is InChI=1S/C34H30Br2F3N3O4/c35-27-12-4-22(5-13-27)20-33(32(44)42-40-21-23-2-10-26(11-3-23)34(37,38)39)30(24-6-14-28(36)15-7-24)46-31(41-33)25-8-16-29(17-9-25)45-19-1-18-43/h2-17,30,40,43H,1,18-21H2,(H,42,44)/t30-,33-/m0/s1. The molecule has 0 aliphatic carbocycles. The van der Waals surface area contributed by atoms with Crippen LogP contribution in [0, 0.1) is 0 Å². The second-order valence-electron chi connectivity index (χ2n) is 10.6. The summed E-state index contributed by atoms with van der Waals surface area (Å²) in [5.41, 5.74) is 6.15. The number of amides is 1. The van der Waals surface area contributed by atoms with Crippen molar-refractivity contribution < 1.29 is 32.5 Å². The molecule has 4 aromatic rings. The molecule has 12 heteroatoms. The Morgan fingerprint density at radius 2 is 1.50 bits per heavy atom. The Balaban J connectivity index is 1.47. The van der Waals surface area contributed by atoms with Crippen LogP contribution in [0.1, 0.15) is 40.3 Å². The van der Waals surface area contributed by atoms with Gasteiger partial charge in [-0.2, -0.15) is 13.2 Å². The smallest absolute Gasteiger partial charge is 0.416 e. The van der Waals surface area contributed by atoms with Crippen LogP contribution in [0.4, 0.5) is 13.2 Å². The van der Waals surface area contributed by atoms with Crippen molar-refractivity contribution in [2.45, 2.75) is 37.2 Å². The fraction of sp³-hybridized carbons (Fsp3) is 0.235. The first kappa shape index (κ1) is 33.6. The highest BCUT2D eigenvalue weighted by Gasteiger charge is 2.53. The highest BCUT2D eigenvalue weighted by molar-refractivity contribution is 9.10. The summed E-state index contributed by atoms with van der Waals surface area (Å²) in [6, 6.07) is 26.9. The molecule has 0 bridgehead atoms. The van der Waals surface area contributed by atoms with E-state index in [1.54, 1.807) is 24.3 Å². The van der Waals surface area contributed by atoms with Gasteiger partial charge in [0.15, 0.2) is 11.6 Å². The number of carbonyl (C=O) groups excluding carboxylic acids is 1. The zero-order valence-corrected chi connectivity index (χ0v) is 27.5. The van der Waals surface area contributed by atoms with Crippen LogP contribution in [0.25, 0.3) is 0 Å². The lowest BCUT2D eigenvalue weighted by Gasteiger charge is -2.31. The number of halogens is 5. The summed E-state index contributed by atoms with van der Waals surface area (Å²) in [6.45, 7) is 0.479. The molecule has 1 heterocycles. The van der Waals surface area contributed by atoms with E-state index < -0.39 is 29.3 Å². The number of hydrogen-bond acceptors (Lipinski definition) is 6. The number of aliphatic hydroxyl groups excluding tert-OH is 1. The minimum Gasteiger partial charge on any atom is -0.494 e. The molecule has 5 rings (SSSR count). The third-order valence-corrected chi connectivity index (χ3v) is 8.42. The number of ether oxygens (including phenoxy) is 2. The Morgan fingerprint density at radius 1 is 0.891 bits per heavy atom.